The van der Waals surface area contributed by atoms with E-state index in [2.05, 4.69) is 19.9 Å². The van der Waals surface area contributed by atoms with Gasteiger partial charge in [-0.25, -0.2) is 14.0 Å². The largest absolute Gasteiger partial charge is 0.493 e. The van der Waals surface area contributed by atoms with Crippen LogP contribution in [0.1, 0.15) is 20.0 Å². The molecule has 0 saturated carbocycles. The summed E-state index contributed by atoms with van der Waals surface area (Å²) >= 11 is 5.77. The van der Waals surface area contributed by atoms with Gasteiger partial charge in [0, 0.05) is 24.3 Å². The van der Waals surface area contributed by atoms with E-state index in [9.17, 15) is 36.7 Å². The van der Waals surface area contributed by atoms with Crippen LogP contribution in [0.2, 0.25) is 5.02 Å². The predicted octanol–water partition coefficient (Wildman–Crippen LogP) is 4.25. The number of hydrogen-bond acceptors (Lipinski definition) is 8. The van der Waals surface area contributed by atoms with Gasteiger partial charge in [-0.05, 0) is 24.3 Å². The molecule has 2 N–H and O–H groups in total. The van der Waals surface area contributed by atoms with Crippen molar-refractivity contribution in [3.05, 3.63) is 87.1 Å². The monoisotopic (exact) mass is 588 g/mol. The fourth-order valence-electron chi connectivity index (χ4n) is 2.91. The molecule has 16 heteroatoms. The number of carboxylic acids is 1. The summed E-state index contributed by atoms with van der Waals surface area (Å²) in [6, 6.07) is 4.00. The van der Waals surface area contributed by atoms with Crippen LogP contribution < -0.4 is 20.3 Å². The van der Waals surface area contributed by atoms with Crippen LogP contribution in [-0.2, 0) is 27.2 Å². The van der Waals surface area contributed by atoms with Gasteiger partial charge in [0.25, 0.3) is 11.5 Å². The number of carboxylic acid groups (broad SMARTS) is 1. The number of ether oxygens (including phenoxy) is 3. The Balaban J connectivity index is 1.93. The second-order valence-corrected chi connectivity index (χ2v) is 7.83. The number of carbonyl (C=O) groups is 3. The Morgan fingerprint density at radius 1 is 1.15 bits per heavy atom. The molecule has 1 heterocycles. The molecule has 0 spiro atoms. The van der Waals surface area contributed by atoms with Gasteiger partial charge in [0.05, 0.1) is 39.2 Å². The van der Waals surface area contributed by atoms with Crippen molar-refractivity contribution in [1.29, 1.82) is 0 Å². The summed E-state index contributed by atoms with van der Waals surface area (Å²) in [7, 11) is -3.11. The fourth-order valence-corrected chi connectivity index (χ4v) is 3.18. The molecule has 0 fully saturated rings. The highest BCUT2D eigenvalue weighted by molar-refractivity contribution is 6.32. The third-order valence-electron chi connectivity index (χ3n) is 4.67. The summed E-state index contributed by atoms with van der Waals surface area (Å²) in [5.41, 5.74) is -3.27. The van der Waals surface area contributed by atoms with E-state index in [1.165, 1.54) is 0 Å². The molecule has 40 heavy (non-hydrogen) atoms. The van der Waals surface area contributed by atoms with Crippen molar-refractivity contribution >= 4 is 35.1 Å². The lowest BCUT2D eigenvalue weighted by molar-refractivity contribution is -0.142. The maximum Gasteiger partial charge on any atom is 0.417 e. The first-order chi connectivity index (χ1) is 19.9. The third kappa shape index (κ3) is 7.57. The average molecular weight is 589 g/mol. The van der Waals surface area contributed by atoms with Crippen LogP contribution in [0.3, 0.4) is 0 Å². The Morgan fingerprint density at radius 2 is 1.90 bits per heavy atom. The van der Waals surface area contributed by atoms with E-state index in [-0.39, 0.29) is 5.69 Å². The number of alkyl halides is 3. The highest BCUT2D eigenvalue weighted by Crippen LogP contribution is 2.41. The van der Waals surface area contributed by atoms with E-state index in [0.717, 1.165) is 24.4 Å². The number of amides is 1. The Kier molecular flexibility index (Phi) is 7.79. The number of esters is 1. The number of nitrogens with zero attached hydrogens (tertiary/aromatic N) is 2. The lowest BCUT2D eigenvalue weighted by Gasteiger charge is -2.17. The first-order valence-electron chi connectivity index (χ1n) is 12.0. The van der Waals surface area contributed by atoms with Gasteiger partial charge in [0.15, 0.2) is 18.2 Å². The van der Waals surface area contributed by atoms with E-state index in [1.54, 1.807) is 0 Å². The molecule has 3 rings (SSSR count). The first kappa shape index (κ1) is 25.4. The molecule has 0 bridgehead atoms. The van der Waals surface area contributed by atoms with Crippen molar-refractivity contribution in [3.63, 3.8) is 0 Å². The van der Waals surface area contributed by atoms with Gasteiger partial charge in [-0.1, -0.05) is 11.6 Å². The summed E-state index contributed by atoms with van der Waals surface area (Å²) in [6.45, 7) is -0.735. The van der Waals surface area contributed by atoms with E-state index in [4.69, 9.17) is 25.6 Å². The number of aromatic nitrogens is 2. The Labute approximate surface area is 230 Å². The molecule has 3 aromatic rings. The van der Waals surface area contributed by atoms with Gasteiger partial charge < -0.3 is 24.6 Å². The van der Waals surface area contributed by atoms with Crippen LogP contribution in [0.5, 0.6) is 17.2 Å². The molecule has 0 unspecified atom stereocenters. The molecule has 0 aliphatic heterocycles. The van der Waals surface area contributed by atoms with Gasteiger partial charge >= 0.3 is 18.1 Å². The maximum atomic E-state index is 13.8. The number of aliphatic carboxylic acids is 1. The molecule has 0 aliphatic rings. The van der Waals surface area contributed by atoms with Crippen molar-refractivity contribution in [2.24, 2.45) is 0 Å². The number of halogens is 5. The molecule has 11 nitrogen and oxygen atoms in total. The summed E-state index contributed by atoms with van der Waals surface area (Å²) < 4.78 is 91.5. The van der Waals surface area contributed by atoms with Gasteiger partial charge in [-0.15, -0.1) is 0 Å². The van der Waals surface area contributed by atoms with Crippen LogP contribution in [-0.4, -0.2) is 39.8 Å². The van der Waals surface area contributed by atoms with Crippen molar-refractivity contribution in [1.82, 2.24) is 9.78 Å². The van der Waals surface area contributed by atoms with Crippen molar-refractivity contribution < 1.29 is 55.4 Å². The minimum Gasteiger partial charge on any atom is -0.493 e. The van der Waals surface area contributed by atoms with Gasteiger partial charge in [0.1, 0.15) is 11.6 Å². The van der Waals surface area contributed by atoms with Crippen molar-refractivity contribution in [2.75, 3.05) is 12.4 Å². The Morgan fingerprint density at radius 3 is 2.55 bits per heavy atom. The third-order valence-corrected chi connectivity index (χ3v) is 4.99. The second-order valence-electron chi connectivity index (χ2n) is 7.42. The topological polar surface area (TPSA) is 146 Å². The quantitative estimate of drug-likeness (QED) is 0.213. The van der Waals surface area contributed by atoms with E-state index in [1.807, 2.05) is 0 Å². The SMILES string of the molecule is [2H]C([2H])([2H])Oc1cc(F)ccc1Oc1cc(C(F)(F)F)c(Cl)cc1C(=O)Nc1cnn(COC(=O)/C=C/C(=O)O)c(=O)c1. The van der Waals surface area contributed by atoms with Crippen LogP contribution in [0, 0.1) is 5.82 Å². The predicted molar refractivity (Wildman–Crippen MR) is 129 cm³/mol. The number of nitrogens with one attached hydrogen (secondary N) is 1. The molecule has 0 aliphatic carbocycles. The highest BCUT2D eigenvalue weighted by Gasteiger charge is 2.35. The summed E-state index contributed by atoms with van der Waals surface area (Å²) in [4.78, 5) is 47.3. The molecule has 1 aromatic heterocycles. The number of hydrogen-bond donors (Lipinski definition) is 2. The zero-order valence-electron chi connectivity index (χ0n) is 22.5. The van der Waals surface area contributed by atoms with Gasteiger partial charge in [-0.2, -0.15) is 23.0 Å². The van der Waals surface area contributed by atoms with Gasteiger partial charge in [0.2, 0.25) is 0 Å². The Hall–Kier alpha value is -4.92. The fraction of sp³-hybridized carbons (Fsp3) is 0.125. The minimum absolute atomic E-state index is 0.279. The lowest BCUT2D eigenvalue weighted by atomic mass is 10.1. The van der Waals surface area contributed by atoms with Crippen molar-refractivity contribution in [3.8, 4) is 17.2 Å². The summed E-state index contributed by atoms with van der Waals surface area (Å²) in [5, 5.41) is 13.4. The maximum absolute atomic E-state index is 13.8. The van der Waals surface area contributed by atoms with E-state index >= 15 is 0 Å². The summed E-state index contributed by atoms with van der Waals surface area (Å²) in [5.74, 6) is -6.76. The lowest BCUT2D eigenvalue weighted by Crippen LogP contribution is -2.25. The number of benzene rings is 2. The van der Waals surface area contributed by atoms with Crippen LogP contribution in [0.4, 0.5) is 23.2 Å². The van der Waals surface area contributed by atoms with E-state index in [0.29, 0.717) is 35.0 Å². The molecule has 1 amide bonds. The highest BCUT2D eigenvalue weighted by atomic mass is 35.5. The van der Waals surface area contributed by atoms with Crippen LogP contribution in [0.25, 0.3) is 0 Å². The van der Waals surface area contributed by atoms with Crippen molar-refractivity contribution in [2.45, 2.75) is 12.9 Å². The number of rotatable bonds is 9. The molecular formula is C24H16ClF4N3O8. The molecular weight excluding hydrogens is 570 g/mol. The normalized spacial score (nSPS) is 12.7. The number of methoxy groups -OCH3 is 1. The van der Waals surface area contributed by atoms with Gasteiger partial charge in [-0.3, -0.25) is 9.59 Å². The molecule has 2 aromatic carbocycles. The molecule has 210 valence electrons. The first-order valence-corrected chi connectivity index (χ1v) is 10.8. The molecule has 0 atom stereocenters. The minimum atomic E-state index is -5.02. The second kappa shape index (κ2) is 12.3. The standard InChI is InChI=1S/C24H16ClF4N3O8/c1-38-19-6-12(26)2-3-17(19)40-18-9-15(24(27,28)29)16(25)8-14(18)23(37)31-13-7-20(33)32(30-10-13)11-39-22(36)5-4-21(34)35/h2-10H,11H2,1H3,(H,31,37)(H,34,35)/b5-4+/i1D3. The zero-order valence-corrected chi connectivity index (χ0v) is 20.2. The van der Waals surface area contributed by atoms with Crippen LogP contribution >= 0.6 is 11.6 Å². The number of anilines is 1. The molecule has 0 radical (unpaired) electrons. The average Bonchev–Trinajstić information content (AvgIpc) is 2.87. The summed E-state index contributed by atoms with van der Waals surface area (Å²) in [6.07, 6.45) is -3.03. The zero-order chi connectivity index (χ0) is 32.1. The Bertz CT molecular complexity index is 1660. The molecule has 0 saturated heterocycles. The number of carbonyl (C=O) groups excluding carboxylic acids is 2. The van der Waals surface area contributed by atoms with E-state index < -0.39 is 82.6 Å². The van der Waals surface area contributed by atoms with Crippen LogP contribution in [0.15, 0.2) is 59.5 Å². The smallest absolute Gasteiger partial charge is 0.417 e.